The number of carbonyl (C=O) groups is 1. The van der Waals surface area contributed by atoms with Gasteiger partial charge in [-0.15, -0.1) is 0 Å². The molecular formula is C14H20N4O3. The molecule has 1 aromatic rings. The van der Waals surface area contributed by atoms with Crippen LogP contribution in [-0.4, -0.2) is 40.3 Å². The summed E-state index contributed by atoms with van der Waals surface area (Å²) in [7, 11) is 0. The Morgan fingerprint density at radius 1 is 1.38 bits per heavy atom. The third-order valence-electron chi connectivity index (χ3n) is 3.55. The van der Waals surface area contributed by atoms with E-state index in [9.17, 15) is 14.9 Å². The van der Waals surface area contributed by atoms with Gasteiger partial charge in [-0.2, -0.15) is 0 Å². The molecule has 1 fully saturated rings. The quantitative estimate of drug-likeness (QED) is 0.680. The molecule has 1 aliphatic heterocycles. The van der Waals surface area contributed by atoms with Gasteiger partial charge in [0.2, 0.25) is 0 Å². The minimum absolute atomic E-state index is 0.158. The molecule has 0 atom stereocenters. The summed E-state index contributed by atoms with van der Waals surface area (Å²) < 4.78 is 0. The van der Waals surface area contributed by atoms with E-state index in [2.05, 4.69) is 10.3 Å². The van der Waals surface area contributed by atoms with E-state index in [0.717, 1.165) is 25.7 Å². The smallest absolute Gasteiger partial charge is 0.288 e. The van der Waals surface area contributed by atoms with Crippen molar-refractivity contribution >= 4 is 17.4 Å². The van der Waals surface area contributed by atoms with E-state index >= 15 is 0 Å². The van der Waals surface area contributed by atoms with Crippen LogP contribution in [0.2, 0.25) is 0 Å². The van der Waals surface area contributed by atoms with Gasteiger partial charge in [0.1, 0.15) is 12.0 Å². The highest BCUT2D eigenvalue weighted by Crippen LogP contribution is 2.22. The fourth-order valence-corrected chi connectivity index (χ4v) is 2.47. The summed E-state index contributed by atoms with van der Waals surface area (Å²) in [6, 6.07) is 1.32. The topological polar surface area (TPSA) is 88.4 Å². The maximum atomic E-state index is 12.6. The summed E-state index contributed by atoms with van der Waals surface area (Å²) in [6.07, 6.45) is 5.38. The second-order valence-electron chi connectivity index (χ2n) is 5.08. The maximum absolute atomic E-state index is 12.6. The molecule has 21 heavy (non-hydrogen) atoms. The molecule has 0 aliphatic carbocycles. The van der Waals surface area contributed by atoms with E-state index in [1.165, 1.54) is 12.3 Å². The minimum Gasteiger partial charge on any atom is -0.370 e. The lowest BCUT2D eigenvalue weighted by molar-refractivity contribution is -0.385. The Kier molecular flexibility index (Phi) is 5.08. The predicted molar refractivity (Wildman–Crippen MR) is 79.4 cm³/mol. The summed E-state index contributed by atoms with van der Waals surface area (Å²) in [6.45, 7) is 3.90. The van der Waals surface area contributed by atoms with Gasteiger partial charge in [-0.05, 0) is 19.8 Å². The summed E-state index contributed by atoms with van der Waals surface area (Å²) in [5, 5.41) is 13.9. The Hall–Kier alpha value is -2.18. The monoisotopic (exact) mass is 292 g/mol. The average molecular weight is 292 g/mol. The van der Waals surface area contributed by atoms with E-state index in [1.807, 2.05) is 6.92 Å². The van der Waals surface area contributed by atoms with Crippen molar-refractivity contribution < 1.29 is 9.72 Å². The van der Waals surface area contributed by atoms with Crippen LogP contribution in [0.1, 0.15) is 43.0 Å². The molecule has 7 nitrogen and oxygen atoms in total. The first-order valence-corrected chi connectivity index (χ1v) is 7.31. The Labute approximate surface area is 123 Å². The van der Waals surface area contributed by atoms with Crippen LogP contribution in [0, 0.1) is 10.1 Å². The number of anilines is 1. The first-order chi connectivity index (χ1) is 10.1. The van der Waals surface area contributed by atoms with Crippen molar-refractivity contribution in [2.45, 2.75) is 32.6 Å². The summed E-state index contributed by atoms with van der Waals surface area (Å²) in [5.74, 6) is 0.237. The highest BCUT2D eigenvalue weighted by atomic mass is 16.6. The largest absolute Gasteiger partial charge is 0.370 e. The van der Waals surface area contributed by atoms with E-state index < -0.39 is 4.92 Å². The number of hydrogen-bond acceptors (Lipinski definition) is 5. The van der Waals surface area contributed by atoms with Gasteiger partial charge in [-0.1, -0.05) is 12.8 Å². The van der Waals surface area contributed by atoms with Gasteiger partial charge < -0.3 is 10.2 Å². The van der Waals surface area contributed by atoms with E-state index in [4.69, 9.17) is 0 Å². The third kappa shape index (κ3) is 3.68. The number of hydrogen-bond donors (Lipinski definition) is 1. The summed E-state index contributed by atoms with van der Waals surface area (Å²) in [4.78, 5) is 28.8. The molecule has 0 bridgehead atoms. The SMILES string of the molecule is CCNc1ncc([N+](=O)[O-])cc1C(=O)N1CCCCCC1. The fourth-order valence-electron chi connectivity index (χ4n) is 2.47. The molecule has 2 heterocycles. The van der Waals surface area contributed by atoms with Crippen LogP contribution in [0.5, 0.6) is 0 Å². The van der Waals surface area contributed by atoms with Crippen molar-refractivity contribution in [1.29, 1.82) is 0 Å². The van der Waals surface area contributed by atoms with Crippen molar-refractivity contribution in [3.63, 3.8) is 0 Å². The number of aromatic nitrogens is 1. The van der Waals surface area contributed by atoms with Crippen LogP contribution in [0.15, 0.2) is 12.3 Å². The van der Waals surface area contributed by atoms with Crippen LogP contribution in [0.3, 0.4) is 0 Å². The van der Waals surface area contributed by atoms with Crippen LogP contribution >= 0.6 is 0 Å². The Bertz CT molecular complexity index is 525. The lowest BCUT2D eigenvalue weighted by Crippen LogP contribution is -2.32. The van der Waals surface area contributed by atoms with E-state index in [1.54, 1.807) is 4.90 Å². The van der Waals surface area contributed by atoms with Gasteiger partial charge in [-0.3, -0.25) is 14.9 Å². The third-order valence-corrected chi connectivity index (χ3v) is 3.55. The number of likely N-dealkylation sites (tertiary alicyclic amines) is 1. The second-order valence-corrected chi connectivity index (χ2v) is 5.08. The molecule has 0 saturated carbocycles. The second kappa shape index (κ2) is 7.01. The highest BCUT2D eigenvalue weighted by Gasteiger charge is 2.23. The fraction of sp³-hybridized carbons (Fsp3) is 0.571. The molecule has 0 unspecified atom stereocenters. The van der Waals surface area contributed by atoms with E-state index in [-0.39, 0.29) is 17.2 Å². The van der Waals surface area contributed by atoms with Crippen molar-refractivity contribution in [2.75, 3.05) is 25.0 Å². The lowest BCUT2D eigenvalue weighted by Gasteiger charge is -2.21. The molecule has 1 saturated heterocycles. The molecule has 1 N–H and O–H groups in total. The van der Waals surface area contributed by atoms with Gasteiger partial charge in [0.15, 0.2) is 0 Å². The Balaban J connectivity index is 2.31. The molecule has 0 radical (unpaired) electrons. The standard InChI is InChI=1S/C14H20N4O3/c1-2-15-13-12(9-11(10-16-13)18(20)21)14(19)17-7-5-3-4-6-8-17/h9-10H,2-8H2,1H3,(H,15,16). The normalized spacial score (nSPS) is 15.4. The maximum Gasteiger partial charge on any atom is 0.288 e. The first-order valence-electron chi connectivity index (χ1n) is 7.31. The van der Waals surface area contributed by atoms with Crippen LogP contribution in [0.25, 0.3) is 0 Å². The van der Waals surface area contributed by atoms with Crippen LogP contribution in [-0.2, 0) is 0 Å². The molecule has 1 amide bonds. The molecule has 0 aromatic carbocycles. The van der Waals surface area contributed by atoms with Gasteiger partial charge in [0, 0.05) is 25.7 Å². The Morgan fingerprint density at radius 2 is 2.05 bits per heavy atom. The summed E-state index contributed by atoms with van der Waals surface area (Å²) in [5.41, 5.74) is 0.128. The molecule has 0 spiro atoms. The molecule has 1 aromatic heterocycles. The molecular weight excluding hydrogens is 272 g/mol. The number of rotatable bonds is 4. The number of nitrogens with one attached hydrogen (secondary N) is 1. The zero-order valence-corrected chi connectivity index (χ0v) is 12.2. The molecule has 114 valence electrons. The lowest BCUT2D eigenvalue weighted by atomic mass is 10.2. The van der Waals surface area contributed by atoms with E-state index in [0.29, 0.717) is 25.5 Å². The number of carbonyl (C=O) groups excluding carboxylic acids is 1. The number of nitrogens with zero attached hydrogens (tertiary/aromatic N) is 3. The zero-order valence-electron chi connectivity index (χ0n) is 12.2. The summed E-state index contributed by atoms with van der Waals surface area (Å²) >= 11 is 0. The number of amides is 1. The van der Waals surface area contributed by atoms with Crippen LogP contribution in [0.4, 0.5) is 11.5 Å². The van der Waals surface area contributed by atoms with Crippen molar-refractivity contribution in [2.24, 2.45) is 0 Å². The van der Waals surface area contributed by atoms with Gasteiger partial charge >= 0.3 is 0 Å². The highest BCUT2D eigenvalue weighted by molar-refractivity contribution is 5.99. The van der Waals surface area contributed by atoms with Gasteiger partial charge in [-0.25, -0.2) is 4.98 Å². The Morgan fingerprint density at radius 3 is 2.62 bits per heavy atom. The molecule has 2 rings (SSSR count). The van der Waals surface area contributed by atoms with Crippen LogP contribution < -0.4 is 5.32 Å². The van der Waals surface area contributed by atoms with Gasteiger partial charge in [0.25, 0.3) is 11.6 Å². The number of pyridine rings is 1. The minimum atomic E-state index is -0.526. The van der Waals surface area contributed by atoms with Crippen molar-refractivity contribution in [1.82, 2.24) is 9.88 Å². The van der Waals surface area contributed by atoms with Gasteiger partial charge in [0.05, 0.1) is 10.5 Å². The molecule has 7 heteroatoms. The zero-order chi connectivity index (χ0) is 15.2. The predicted octanol–water partition coefficient (Wildman–Crippen LogP) is 2.44. The van der Waals surface area contributed by atoms with Crippen molar-refractivity contribution in [3.05, 3.63) is 27.9 Å². The number of nitro groups is 1. The van der Waals surface area contributed by atoms with Crippen molar-refractivity contribution in [3.8, 4) is 0 Å². The first kappa shape index (κ1) is 15.2. The molecule has 1 aliphatic rings. The average Bonchev–Trinajstić information content (AvgIpc) is 2.76.